The van der Waals surface area contributed by atoms with E-state index >= 15 is 0 Å². The van der Waals surface area contributed by atoms with Gasteiger partial charge < -0.3 is 0 Å². The molecule has 0 aliphatic carbocycles. The summed E-state index contributed by atoms with van der Waals surface area (Å²) in [6.45, 7) is 0. The highest BCUT2D eigenvalue weighted by Crippen LogP contribution is 2.30. The van der Waals surface area contributed by atoms with Crippen molar-refractivity contribution < 1.29 is 0 Å². The molecule has 0 saturated heterocycles. The van der Waals surface area contributed by atoms with Crippen LogP contribution in [-0.2, 0) is 0 Å². The molecule has 26 heavy (non-hydrogen) atoms. The number of nitrogens with zero attached hydrogens (tertiary/aromatic N) is 2. The quantitative estimate of drug-likeness (QED) is 0.431. The van der Waals surface area contributed by atoms with E-state index in [2.05, 4.69) is 71.3 Å². The largest absolute Gasteiger partial charge is 0.292 e. The molecule has 5 rings (SSSR count). The summed E-state index contributed by atoms with van der Waals surface area (Å²) in [5.41, 5.74) is 5.06. The number of fused-ring (bicyclic) bond motifs is 2. The van der Waals surface area contributed by atoms with Gasteiger partial charge in [0.2, 0.25) is 0 Å². The Balaban J connectivity index is 1.80. The van der Waals surface area contributed by atoms with Crippen LogP contribution < -0.4 is 5.46 Å². The summed E-state index contributed by atoms with van der Waals surface area (Å²) >= 11 is 0. The second-order valence-electron chi connectivity index (χ2n) is 6.42. The van der Waals surface area contributed by atoms with E-state index in [1.807, 2.05) is 24.3 Å². The molecule has 1 aromatic heterocycles. The molecular weight excluding hydrogens is 315 g/mol. The van der Waals surface area contributed by atoms with Gasteiger partial charge in [-0.05, 0) is 41.1 Å². The molecule has 0 unspecified atom stereocenters. The van der Waals surface area contributed by atoms with Gasteiger partial charge in [-0.3, -0.25) is 4.57 Å². The fourth-order valence-electron chi connectivity index (χ4n) is 3.46. The standard InChI is InChI=1S/C23H15BN2/c24-19-13-12-16-14-18(11-10-17(16)15-19)23-25-21-8-4-5-9-22(21)26(23)20-6-2-1-3-7-20/h1-15H. The summed E-state index contributed by atoms with van der Waals surface area (Å²) in [7, 11) is 5.91. The Kier molecular flexibility index (Phi) is 3.39. The van der Waals surface area contributed by atoms with Crippen LogP contribution in [0.3, 0.4) is 0 Å². The topological polar surface area (TPSA) is 17.8 Å². The fraction of sp³-hybridized carbons (Fsp3) is 0. The first-order valence-electron chi connectivity index (χ1n) is 8.62. The van der Waals surface area contributed by atoms with Gasteiger partial charge in [0.15, 0.2) is 0 Å². The molecule has 0 aliphatic heterocycles. The predicted molar refractivity (Wildman–Crippen MR) is 109 cm³/mol. The van der Waals surface area contributed by atoms with E-state index in [4.69, 9.17) is 12.8 Å². The lowest BCUT2D eigenvalue weighted by Gasteiger charge is -2.10. The van der Waals surface area contributed by atoms with Crippen molar-refractivity contribution >= 4 is 35.1 Å². The van der Waals surface area contributed by atoms with Crippen molar-refractivity contribution in [1.82, 2.24) is 9.55 Å². The average Bonchev–Trinajstić information content (AvgIpc) is 3.08. The molecule has 0 N–H and O–H groups in total. The Morgan fingerprint density at radius 3 is 2.31 bits per heavy atom. The van der Waals surface area contributed by atoms with Crippen molar-refractivity contribution in [3.8, 4) is 17.1 Å². The zero-order valence-corrected chi connectivity index (χ0v) is 14.1. The molecule has 0 amide bonds. The summed E-state index contributed by atoms with van der Waals surface area (Å²) in [6, 6.07) is 31.0. The molecule has 2 radical (unpaired) electrons. The number of rotatable bonds is 2. The van der Waals surface area contributed by atoms with Gasteiger partial charge in [-0.15, -0.1) is 0 Å². The molecule has 3 heteroatoms. The monoisotopic (exact) mass is 330 g/mol. The Hall–Kier alpha value is -3.33. The second kappa shape index (κ2) is 5.89. The molecule has 4 aromatic carbocycles. The first-order chi connectivity index (χ1) is 12.8. The maximum Gasteiger partial charge on any atom is 0.145 e. The lowest BCUT2D eigenvalue weighted by molar-refractivity contribution is 1.10. The third-order valence-corrected chi connectivity index (χ3v) is 4.70. The van der Waals surface area contributed by atoms with Crippen molar-refractivity contribution in [2.24, 2.45) is 0 Å². The molecule has 2 nitrogen and oxygen atoms in total. The third-order valence-electron chi connectivity index (χ3n) is 4.70. The van der Waals surface area contributed by atoms with Crippen LogP contribution in [0.4, 0.5) is 0 Å². The van der Waals surface area contributed by atoms with Gasteiger partial charge in [0.25, 0.3) is 0 Å². The third kappa shape index (κ3) is 2.41. The summed E-state index contributed by atoms with van der Waals surface area (Å²) in [6.07, 6.45) is 0. The molecular formula is C23H15BN2. The van der Waals surface area contributed by atoms with Crippen molar-refractivity contribution in [3.63, 3.8) is 0 Å². The average molecular weight is 330 g/mol. The lowest BCUT2D eigenvalue weighted by Crippen LogP contribution is -2.00. The molecule has 0 bridgehead atoms. The molecule has 0 spiro atoms. The number of imidazole rings is 1. The number of benzene rings is 4. The molecule has 0 fully saturated rings. The Morgan fingerprint density at radius 2 is 1.42 bits per heavy atom. The SMILES string of the molecule is [B]c1ccc2cc(-c3nc4ccccc4n3-c3ccccc3)ccc2c1. The number of para-hydroxylation sites is 3. The minimum Gasteiger partial charge on any atom is -0.292 e. The number of hydrogen-bond acceptors (Lipinski definition) is 1. The van der Waals surface area contributed by atoms with Crippen LogP contribution in [0.1, 0.15) is 0 Å². The zero-order chi connectivity index (χ0) is 17.5. The summed E-state index contributed by atoms with van der Waals surface area (Å²) < 4.78 is 2.22. The minimum atomic E-state index is 0.779. The maximum absolute atomic E-state index is 5.91. The van der Waals surface area contributed by atoms with Gasteiger partial charge in [0.05, 0.1) is 11.0 Å². The van der Waals surface area contributed by atoms with E-state index in [1.54, 1.807) is 0 Å². The molecule has 1 heterocycles. The lowest BCUT2D eigenvalue weighted by atomic mass is 9.93. The van der Waals surface area contributed by atoms with Gasteiger partial charge in [-0.25, -0.2) is 4.98 Å². The molecule has 5 aromatic rings. The Bertz CT molecular complexity index is 1240. The first-order valence-corrected chi connectivity index (χ1v) is 8.62. The van der Waals surface area contributed by atoms with Crippen LogP contribution >= 0.6 is 0 Å². The minimum absolute atomic E-state index is 0.779. The van der Waals surface area contributed by atoms with Crippen LogP contribution in [0, 0.1) is 0 Å². The van der Waals surface area contributed by atoms with Gasteiger partial charge in [-0.2, -0.15) is 0 Å². The zero-order valence-electron chi connectivity index (χ0n) is 14.1. The van der Waals surface area contributed by atoms with Crippen molar-refractivity contribution in [2.45, 2.75) is 0 Å². The van der Waals surface area contributed by atoms with Gasteiger partial charge in [-0.1, -0.05) is 66.1 Å². The smallest absolute Gasteiger partial charge is 0.145 e. The van der Waals surface area contributed by atoms with Crippen LogP contribution in [0.25, 0.3) is 38.9 Å². The van der Waals surface area contributed by atoms with Crippen molar-refractivity contribution in [2.75, 3.05) is 0 Å². The van der Waals surface area contributed by atoms with E-state index in [0.717, 1.165) is 44.3 Å². The summed E-state index contributed by atoms with van der Waals surface area (Å²) in [5.74, 6) is 0.941. The van der Waals surface area contributed by atoms with E-state index in [9.17, 15) is 0 Å². The van der Waals surface area contributed by atoms with E-state index < -0.39 is 0 Å². The number of aromatic nitrogens is 2. The molecule has 0 atom stereocenters. The van der Waals surface area contributed by atoms with Crippen molar-refractivity contribution in [3.05, 3.63) is 91.0 Å². The highest BCUT2D eigenvalue weighted by molar-refractivity contribution is 6.33. The summed E-state index contributed by atoms with van der Waals surface area (Å²) in [4.78, 5) is 4.92. The van der Waals surface area contributed by atoms with E-state index in [0.29, 0.717) is 0 Å². The van der Waals surface area contributed by atoms with E-state index in [-0.39, 0.29) is 0 Å². The molecule has 0 aliphatic rings. The predicted octanol–water partition coefficient (Wildman–Crippen LogP) is 4.64. The van der Waals surface area contributed by atoms with Crippen LogP contribution in [0.15, 0.2) is 91.0 Å². The van der Waals surface area contributed by atoms with Crippen LogP contribution in [0.5, 0.6) is 0 Å². The Labute approximate surface area is 153 Å². The van der Waals surface area contributed by atoms with Gasteiger partial charge in [0.1, 0.15) is 13.7 Å². The van der Waals surface area contributed by atoms with Gasteiger partial charge >= 0.3 is 0 Å². The van der Waals surface area contributed by atoms with Crippen LogP contribution in [0.2, 0.25) is 0 Å². The van der Waals surface area contributed by atoms with Crippen molar-refractivity contribution in [1.29, 1.82) is 0 Å². The normalized spacial score (nSPS) is 11.2. The van der Waals surface area contributed by atoms with E-state index in [1.165, 1.54) is 0 Å². The Morgan fingerprint density at radius 1 is 0.692 bits per heavy atom. The highest BCUT2D eigenvalue weighted by atomic mass is 15.1. The molecule has 0 saturated carbocycles. The first kappa shape index (κ1) is 15.0. The highest BCUT2D eigenvalue weighted by Gasteiger charge is 2.14. The summed E-state index contributed by atoms with van der Waals surface area (Å²) in [5, 5.41) is 2.29. The number of hydrogen-bond donors (Lipinski definition) is 0. The van der Waals surface area contributed by atoms with Gasteiger partial charge in [0, 0.05) is 11.3 Å². The molecule has 120 valence electrons. The van der Waals surface area contributed by atoms with Crippen LogP contribution in [-0.4, -0.2) is 17.4 Å². The second-order valence-corrected chi connectivity index (χ2v) is 6.42. The fourth-order valence-corrected chi connectivity index (χ4v) is 3.46. The maximum atomic E-state index is 5.91.